The van der Waals surface area contributed by atoms with Crippen molar-refractivity contribution in [2.75, 3.05) is 7.11 Å². The molecule has 2 heteroatoms. The smallest absolute Gasteiger partial charge is 0.147 e. The van der Waals surface area contributed by atoms with Crippen LogP contribution >= 0.6 is 0 Å². The first kappa shape index (κ1) is 10.8. The molecule has 0 saturated carbocycles. The fraction of sp³-hybridized carbons (Fsp3) is 0.286. The zero-order valence-electron chi connectivity index (χ0n) is 9.86. The van der Waals surface area contributed by atoms with Gasteiger partial charge in [-0.15, -0.1) is 6.58 Å². The summed E-state index contributed by atoms with van der Waals surface area (Å²) < 4.78 is 7.73. The second-order valence-corrected chi connectivity index (χ2v) is 3.88. The Kier molecular flexibility index (Phi) is 3.00. The molecule has 0 bridgehead atoms. The van der Waals surface area contributed by atoms with Gasteiger partial charge in [0.1, 0.15) is 5.75 Å². The first-order chi connectivity index (χ1) is 7.79. The topological polar surface area (TPSA) is 14.2 Å². The van der Waals surface area contributed by atoms with Crippen molar-refractivity contribution in [2.24, 2.45) is 7.05 Å². The lowest BCUT2D eigenvalue weighted by molar-refractivity contribution is 0.412. The Hall–Kier alpha value is -1.70. The van der Waals surface area contributed by atoms with Crippen molar-refractivity contribution in [2.45, 2.75) is 12.8 Å². The Morgan fingerprint density at radius 2 is 2.12 bits per heavy atom. The Morgan fingerprint density at radius 3 is 2.81 bits per heavy atom. The van der Waals surface area contributed by atoms with E-state index in [0.717, 1.165) is 18.6 Å². The van der Waals surface area contributed by atoms with E-state index in [-0.39, 0.29) is 0 Å². The predicted molar refractivity (Wildman–Crippen MR) is 68.0 cm³/mol. The first-order valence-electron chi connectivity index (χ1n) is 5.50. The van der Waals surface area contributed by atoms with Crippen LogP contribution in [-0.2, 0) is 13.5 Å². The normalized spacial score (nSPS) is 10.6. The Bertz CT molecular complexity index is 511. The standard InChI is InChI=1S/C14H17NO/c1-4-5-9-13-14(16-3)11-8-6-7-10-12(11)15(13)2/h4,6-8,10H,1,5,9H2,2-3H3. The molecule has 84 valence electrons. The predicted octanol–water partition coefficient (Wildman–Crippen LogP) is 3.31. The summed E-state index contributed by atoms with van der Waals surface area (Å²) in [5, 5.41) is 1.19. The van der Waals surface area contributed by atoms with Gasteiger partial charge < -0.3 is 9.30 Å². The maximum absolute atomic E-state index is 5.52. The van der Waals surface area contributed by atoms with Crippen LogP contribution in [0.15, 0.2) is 36.9 Å². The van der Waals surface area contributed by atoms with Crippen LogP contribution in [0, 0.1) is 0 Å². The van der Waals surface area contributed by atoms with Crippen LogP contribution in [0.25, 0.3) is 10.9 Å². The lowest BCUT2D eigenvalue weighted by Gasteiger charge is -2.05. The number of hydrogen-bond donors (Lipinski definition) is 0. The molecule has 1 heterocycles. The number of para-hydroxylation sites is 1. The number of ether oxygens (including phenoxy) is 1. The van der Waals surface area contributed by atoms with Crippen LogP contribution in [0.3, 0.4) is 0 Å². The van der Waals surface area contributed by atoms with Crippen LogP contribution in [0.1, 0.15) is 12.1 Å². The van der Waals surface area contributed by atoms with Gasteiger partial charge in [-0.1, -0.05) is 18.2 Å². The van der Waals surface area contributed by atoms with Crippen LogP contribution < -0.4 is 4.74 Å². The number of methoxy groups -OCH3 is 1. The molecule has 16 heavy (non-hydrogen) atoms. The van der Waals surface area contributed by atoms with Crippen molar-refractivity contribution in [3.05, 3.63) is 42.6 Å². The number of rotatable bonds is 4. The van der Waals surface area contributed by atoms with Crippen molar-refractivity contribution >= 4 is 10.9 Å². The maximum atomic E-state index is 5.52. The van der Waals surface area contributed by atoms with E-state index in [1.807, 2.05) is 12.1 Å². The van der Waals surface area contributed by atoms with Crippen molar-refractivity contribution < 1.29 is 4.74 Å². The lowest BCUT2D eigenvalue weighted by atomic mass is 10.2. The van der Waals surface area contributed by atoms with Gasteiger partial charge in [-0.25, -0.2) is 0 Å². The maximum Gasteiger partial charge on any atom is 0.147 e. The van der Waals surface area contributed by atoms with E-state index in [1.165, 1.54) is 16.6 Å². The molecule has 0 spiro atoms. The third-order valence-electron chi connectivity index (χ3n) is 2.97. The minimum atomic E-state index is 0.970. The molecule has 0 amide bonds. The molecule has 0 radical (unpaired) electrons. The monoisotopic (exact) mass is 215 g/mol. The Balaban J connectivity index is 2.61. The van der Waals surface area contributed by atoms with Crippen LogP contribution in [-0.4, -0.2) is 11.7 Å². The largest absolute Gasteiger partial charge is 0.494 e. The minimum absolute atomic E-state index is 0.970. The summed E-state index contributed by atoms with van der Waals surface area (Å²) >= 11 is 0. The van der Waals surface area contributed by atoms with Crippen molar-refractivity contribution in [3.8, 4) is 5.75 Å². The molecule has 0 atom stereocenters. The van der Waals surface area contributed by atoms with Crippen LogP contribution in [0.2, 0.25) is 0 Å². The molecule has 0 saturated heterocycles. The highest BCUT2D eigenvalue weighted by atomic mass is 16.5. The summed E-state index contributed by atoms with van der Waals surface area (Å²) in [5.74, 6) is 1.000. The molecule has 0 unspecified atom stereocenters. The average Bonchev–Trinajstić information content (AvgIpc) is 2.60. The lowest BCUT2D eigenvalue weighted by Crippen LogP contribution is -1.97. The fourth-order valence-corrected chi connectivity index (χ4v) is 2.16. The van der Waals surface area contributed by atoms with E-state index in [9.17, 15) is 0 Å². The van der Waals surface area contributed by atoms with Gasteiger partial charge in [-0.2, -0.15) is 0 Å². The third kappa shape index (κ3) is 1.60. The summed E-state index contributed by atoms with van der Waals surface area (Å²) in [5.41, 5.74) is 2.46. The second-order valence-electron chi connectivity index (χ2n) is 3.88. The number of fused-ring (bicyclic) bond motifs is 1. The molecule has 1 aromatic carbocycles. The van der Waals surface area contributed by atoms with Crippen LogP contribution in [0.4, 0.5) is 0 Å². The molecule has 1 aromatic heterocycles. The van der Waals surface area contributed by atoms with Gasteiger partial charge in [0.15, 0.2) is 0 Å². The highest BCUT2D eigenvalue weighted by Gasteiger charge is 2.13. The van der Waals surface area contributed by atoms with Crippen molar-refractivity contribution in [1.29, 1.82) is 0 Å². The van der Waals surface area contributed by atoms with Crippen LogP contribution in [0.5, 0.6) is 5.75 Å². The average molecular weight is 215 g/mol. The number of allylic oxidation sites excluding steroid dienone is 1. The Labute approximate surface area is 96.1 Å². The van der Waals surface area contributed by atoms with Gasteiger partial charge in [-0.05, 0) is 25.0 Å². The van der Waals surface area contributed by atoms with Gasteiger partial charge >= 0.3 is 0 Å². The highest BCUT2D eigenvalue weighted by molar-refractivity contribution is 5.88. The van der Waals surface area contributed by atoms with E-state index >= 15 is 0 Å². The zero-order valence-corrected chi connectivity index (χ0v) is 9.86. The number of benzene rings is 1. The minimum Gasteiger partial charge on any atom is -0.494 e. The molecule has 0 aliphatic heterocycles. The molecule has 0 aliphatic carbocycles. The van der Waals surface area contributed by atoms with E-state index in [2.05, 4.69) is 36.4 Å². The highest BCUT2D eigenvalue weighted by Crippen LogP contribution is 2.32. The fourth-order valence-electron chi connectivity index (χ4n) is 2.16. The number of nitrogens with zero attached hydrogens (tertiary/aromatic N) is 1. The van der Waals surface area contributed by atoms with Gasteiger partial charge in [-0.3, -0.25) is 0 Å². The molecule has 2 aromatic rings. The molecule has 0 aliphatic rings. The van der Waals surface area contributed by atoms with Crippen molar-refractivity contribution in [3.63, 3.8) is 0 Å². The number of hydrogen-bond acceptors (Lipinski definition) is 1. The summed E-state index contributed by atoms with van der Waals surface area (Å²) in [7, 11) is 3.82. The van der Waals surface area contributed by atoms with Gasteiger partial charge in [0, 0.05) is 12.4 Å². The van der Waals surface area contributed by atoms with E-state index in [0.29, 0.717) is 0 Å². The van der Waals surface area contributed by atoms with E-state index in [1.54, 1.807) is 7.11 Å². The molecular formula is C14H17NO. The molecule has 0 fully saturated rings. The van der Waals surface area contributed by atoms with E-state index in [4.69, 9.17) is 4.74 Å². The summed E-state index contributed by atoms with van der Waals surface area (Å²) in [6.07, 6.45) is 3.88. The third-order valence-corrected chi connectivity index (χ3v) is 2.97. The number of aromatic nitrogens is 1. The molecular weight excluding hydrogens is 198 g/mol. The van der Waals surface area contributed by atoms with E-state index < -0.39 is 0 Å². The second kappa shape index (κ2) is 4.44. The summed E-state index contributed by atoms with van der Waals surface area (Å²) in [4.78, 5) is 0. The molecule has 0 N–H and O–H groups in total. The summed E-state index contributed by atoms with van der Waals surface area (Å²) in [6, 6.07) is 8.32. The zero-order chi connectivity index (χ0) is 11.5. The SMILES string of the molecule is C=CCCc1c(OC)c2ccccc2n1C. The molecule has 2 rings (SSSR count). The van der Waals surface area contributed by atoms with Gasteiger partial charge in [0.25, 0.3) is 0 Å². The Morgan fingerprint density at radius 1 is 1.38 bits per heavy atom. The quantitative estimate of drug-likeness (QED) is 0.714. The van der Waals surface area contributed by atoms with Gasteiger partial charge in [0.05, 0.1) is 18.3 Å². The van der Waals surface area contributed by atoms with Gasteiger partial charge in [0.2, 0.25) is 0 Å². The first-order valence-corrected chi connectivity index (χ1v) is 5.50. The summed E-state index contributed by atoms with van der Waals surface area (Å²) in [6.45, 7) is 3.76. The number of aryl methyl sites for hydroxylation is 1. The molecule has 2 nitrogen and oxygen atoms in total. The van der Waals surface area contributed by atoms with Crippen molar-refractivity contribution in [1.82, 2.24) is 4.57 Å².